The molecular formula is C11H14N2O3. The minimum Gasteiger partial charge on any atom is -0.479 e. The average Bonchev–Trinajstić information content (AvgIpc) is 2.29. The van der Waals surface area contributed by atoms with Crippen molar-refractivity contribution in [3.8, 4) is 5.75 Å². The molecule has 5 heteroatoms. The number of carbonyl (C=O) groups is 1. The molecule has 1 heterocycles. The Labute approximate surface area is 93.5 Å². The fourth-order valence-corrected chi connectivity index (χ4v) is 1.54. The normalized spacial score (nSPS) is 20.7. The first-order valence-electron chi connectivity index (χ1n) is 5.01. The summed E-state index contributed by atoms with van der Waals surface area (Å²) in [4.78, 5) is 11.4. The molecular weight excluding hydrogens is 208 g/mol. The molecule has 1 aromatic carbocycles. The average molecular weight is 222 g/mol. The summed E-state index contributed by atoms with van der Waals surface area (Å²) in [7, 11) is 1.53. The van der Waals surface area contributed by atoms with Crippen molar-refractivity contribution in [1.82, 2.24) is 0 Å². The van der Waals surface area contributed by atoms with Gasteiger partial charge in [-0.3, -0.25) is 4.79 Å². The third-order valence-corrected chi connectivity index (χ3v) is 2.52. The first-order valence-corrected chi connectivity index (χ1v) is 5.01. The predicted octanol–water partition coefficient (Wildman–Crippen LogP) is 1.01. The number of ether oxygens (including phenoxy) is 2. The van der Waals surface area contributed by atoms with Gasteiger partial charge < -0.3 is 20.5 Å². The highest BCUT2D eigenvalue weighted by molar-refractivity contribution is 5.97. The van der Waals surface area contributed by atoms with Crippen LogP contribution in [0.5, 0.6) is 5.75 Å². The molecule has 2 atom stereocenters. The van der Waals surface area contributed by atoms with Crippen molar-refractivity contribution >= 4 is 11.6 Å². The summed E-state index contributed by atoms with van der Waals surface area (Å²) in [5.41, 5.74) is 7.14. The van der Waals surface area contributed by atoms with Crippen LogP contribution in [0.25, 0.3) is 0 Å². The summed E-state index contributed by atoms with van der Waals surface area (Å²) in [5.74, 6) is 0.495. The van der Waals surface area contributed by atoms with Gasteiger partial charge in [-0.1, -0.05) is 6.07 Å². The SMILES string of the molecule is COC(N)c1ccc2c(c1)NC(=O)C(C)O2. The molecule has 0 radical (unpaired) electrons. The van der Waals surface area contributed by atoms with Gasteiger partial charge in [0.05, 0.1) is 5.69 Å². The third kappa shape index (κ3) is 1.87. The van der Waals surface area contributed by atoms with Gasteiger partial charge >= 0.3 is 0 Å². The Morgan fingerprint density at radius 2 is 2.31 bits per heavy atom. The van der Waals surface area contributed by atoms with E-state index in [-0.39, 0.29) is 5.91 Å². The molecule has 2 unspecified atom stereocenters. The topological polar surface area (TPSA) is 73.6 Å². The summed E-state index contributed by atoms with van der Waals surface area (Å²) in [6, 6.07) is 5.35. The molecule has 0 saturated heterocycles. The number of nitrogens with one attached hydrogen (secondary N) is 1. The van der Waals surface area contributed by atoms with Crippen LogP contribution in [0.1, 0.15) is 18.7 Å². The van der Waals surface area contributed by atoms with Crippen LogP contribution >= 0.6 is 0 Å². The van der Waals surface area contributed by atoms with E-state index in [4.69, 9.17) is 15.2 Å². The number of fused-ring (bicyclic) bond motifs is 1. The van der Waals surface area contributed by atoms with Crippen molar-refractivity contribution in [2.24, 2.45) is 5.73 Å². The second-order valence-corrected chi connectivity index (χ2v) is 3.66. The van der Waals surface area contributed by atoms with Gasteiger partial charge in [0.1, 0.15) is 12.0 Å². The van der Waals surface area contributed by atoms with Crippen molar-refractivity contribution in [3.05, 3.63) is 23.8 Å². The molecule has 1 aromatic rings. The molecule has 1 amide bonds. The number of hydrogen-bond acceptors (Lipinski definition) is 4. The largest absolute Gasteiger partial charge is 0.479 e. The molecule has 2 rings (SSSR count). The van der Waals surface area contributed by atoms with E-state index in [0.717, 1.165) is 5.56 Å². The second kappa shape index (κ2) is 4.11. The van der Waals surface area contributed by atoms with Crippen LogP contribution in [0, 0.1) is 0 Å². The minimum absolute atomic E-state index is 0.157. The van der Waals surface area contributed by atoms with E-state index < -0.39 is 12.3 Å². The van der Waals surface area contributed by atoms with Crippen LogP contribution in [0.2, 0.25) is 0 Å². The molecule has 3 N–H and O–H groups in total. The Balaban J connectivity index is 2.32. The van der Waals surface area contributed by atoms with Crippen molar-refractivity contribution in [2.45, 2.75) is 19.3 Å². The lowest BCUT2D eigenvalue weighted by molar-refractivity contribution is -0.122. The van der Waals surface area contributed by atoms with E-state index in [1.54, 1.807) is 19.1 Å². The highest BCUT2D eigenvalue weighted by Gasteiger charge is 2.23. The smallest absolute Gasteiger partial charge is 0.265 e. The van der Waals surface area contributed by atoms with E-state index in [2.05, 4.69) is 5.32 Å². The number of benzene rings is 1. The molecule has 0 saturated carbocycles. The van der Waals surface area contributed by atoms with Crippen LogP contribution in [0.3, 0.4) is 0 Å². The number of anilines is 1. The molecule has 5 nitrogen and oxygen atoms in total. The Bertz CT molecular complexity index is 420. The zero-order valence-corrected chi connectivity index (χ0v) is 9.19. The summed E-state index contributed by atoms with van der Waals surface area (Å²) in [6.07, 6.45) is -0.962. The van der Waals surface area contributed by atoms with E-state index in [1.165, 1.54) is 7.11 Å². The van der Waals surface area contributed by atoms with Gasteiger partial charge in [0, 0.05) is 7.11 Å². The minimum atomic E-state index is -0.499. The summed E-state index contributed by atoms with van der Waals surface area (Å²) < 4.78 is 10.4. The Morgan fingerprint density at radius 1 is 1.56 bits per heavy atom. The maximum Gasteiger partial charge on any atom is 0.265 e. The van der Waals surface area contributed by atoms with Crippen LogP contribution in [-0.4, -0.2) is 19.1 Å². The number of methoxy groups -OCH3 is 1. The van der Waals surface area contributed by atoms with Gasteiger partial charge in [0.25, 0.3) is 5.91 Å². The standard InChI is InChI=1S/C11H14N2O3/c1-6-11(14)13-8-5-7(10(12)15-2)3-4-9(8)16-6/h3-6,10H,12H2,1-2H3,(H,13,14). The highest BCUT2D eigenvalue weighted by Crippen LogP contribution is 2.31. The van der Waals surface area contributed by atoms with E-state index in [0.29, 0.717) is 11.4 Å². The van der Waals surface area contributed by atoms with Crippen LogP contribution in [0.4, 0.5) is 5.69 Å². The first kappa shape index (κ1) is 10.9. The van der Waals surface area contributed by atoms with Crippen molar-refractivity contribution in [2.75, 3.05) is 12.4 Å². The van der Waals surface area contributed by atoms with Gasteiger partial charge in [-0.05, 0) is 24.6 Å². The molecule has 0 spiro atoms. The Morgan fingerprint density at radius 3 is 3.00 bits per heavy atom. The molecule has 16 heavy (non-hydrogen) atoms. The maximum absolute atomic E-state index is 11.4. The zero-order chi connectivity index (χ0) is 11.7. The summed E-state index contributed by atoms with van der Waals surface area (Å²) in [6.45, 7) is 1.70. The molecule has 86 valence electrons. The van der Waals surface area contributed by atoms with Crippen molar-refractivity contribution < 1.29 is 14.3 Å². The lowest BCUT2D eigenvalue weighted by Crippen LogP contribution is -2.34. The molecule has 1 aliphatic heterocycles. The van der Waals surface area contributed by atoms with Crippen molar-refractivity contribution in [3.63, 3.8) is 0 Å². The Kier molecular flexibility index (Phi) is 2.80. The fraction of sp³-hybridized carbons (Fsp3) is 0.364. The van der Waals surface area contributed by atoms with Gasteiger partial charge in [0.15, 0.2) is 6.10 Å². The number of hydrogen-bond donors (Lipinski definition) is 2. The summed E-state index contributed by atoms with van der Waals surface area (Å²) >= 11 is 0. The maximum atomic E-state index is 11.4. The first-order chi connectivity index (χ1) is 7.61. The van der Waals surface area contributed by atoms with Crippen LogP contribution in [-0.2, 0) is 9.53 Å². The molecule has 0 fully saturated rings. The monoisotopic (exact) mass is 222 g/mol. The zero-order valence-electron chi connectivity index (χ0n) is 9.19. The van der Waals surface area contributed by atoms with Gasteiger partial charge in [-0.2, -0.15) is 0 Å². The third-order valence-electron chi connectivity index (χ3n) is 2.52. The molecule has 0 aliphatic carbocycles. The molecule has 0 bridgehead atoms. The fourth-order valence-electron chi connectivity index (χ4n) is 1.54. The highest BCUT2D eigenvalue weighted by atomic mass is 16.5. The van der Waals surface area contributed by atoms with Crippen molar-refractivity contribution in [1.29, 1.82) is 0 Å². The van der Waals surface area contributed by atoms with E-state index >= 15 is 0 Å². The number of nitrogens with two attached hydrogens (primary N) is 1. The second-order valence-electron chi connectivity index (χ2n) is 3.66. The van der Waals surface area contributed by atoms with Crippen LogP contribution < -0.4 is 15.8 Å². The number of rotatable bonds is 2. The number of carbonyl (C=O) groups excluding carboxylic acids is 1. The lowest BCUT2D eigenvalue weighted by atomic mass is 10.1. The molecule has 0 aromatic heterocycles. The quantitative estimate of drug-likeness (QED) is 0.732. The van der Waals surface area contributed by atoms with Crippen LogP contribution in [0.15, 0.2) is 18.2 Å². The Hall–Kier alpha value is -1.59. The predicted molar refractivity (Wildman–Crippen MR) is 59.1 cm³/mol. The van der Waals surface area contributed by atoms with Gasteiger partial charge in [-0.15, -0.1) is 0 Å². The summed E-state index contributed by atoms with van der Waals surface area (Å²) in [5, 5.41) is 2.75. The molecule has 1 aliphatic rings. The van der Waals surface area contributed by atoms with E-state index in [9.17, 15) is 4.79 Å². The number of amides is 1. The lowest BCUT2D eigenvalue weighted by Gasteiger charge is -2.24. The van der Waals surface area contributed by atoms with Gasteiger partial charge in [0.2, 0.25) is 0 Å². The van der Waals surface area contributed by atoms with Gasteiger partial charge in [-0.25, -0.2) is 0 Å². The van der Waals surface area contributed by atoms with E-state index in [1.807, 2.05) is 6.07 Å².